The van der Waals surface area contributed by atoms with Gasteiger partial charge in [-0.25, -0.2) is 9.97 Å². The normalized spacial score (nSPS) is 17.2. The van der Waals surface area contributed by atoms with Crippen molar-refractivity contribution in [3.8, 4) is 5.75 Å². The van der Waals surface area contributed by atoms with E-state index in [9.17, 15) is 4.79 Å². The SMILES string of the molecule is CCOc1ccccc1Nc1cnc(C(=O)N2CCCC(C)C2)cn1. The largest absolute Gasteiger partial charge is 0.492 e. The van der Waals surface area contributed by atoms with E-state index in [0.717, 1.165) is 30.9 Å². The lowest BCUT2D eigenvalue weighted by molar-refractivity contribution is 0.0676. The maximum atomic E-state index is 12.5. The monoisotopic (exact) mass is 340 g/mol. The maximum Gasteiger partial charge on any atom is 0.274 e. The molecule has 1 aromatic heterocycles. The summed E-state index contributed by atoms with van der Waals surface area (Å²) in [6.45, 7) is 6.30. The summed E-state index contributed by atoms with van der Waals surface area (Å²) in [5, 5.41) is 3.19. The molecule has 0 spiro atoms. The lowest BCUT2D eigenvalue weighted by Crippen LogP contribution is -2.39. The molecular formula is C19H24N4O2. The van der Waals surface area contributed by atoms with Crippen LogP contribution in [0.25, 0.3) is 0 Å². The number of anilines is 2. The number of nitrogens with zero attached hydrogens (tertiary/aromatic N) is 3. The summed E-state index contributed by atoms with van der Waals surface area (Å²) in [5.74, 6) is 1.84. The van der Waals surface area contributed by atoms with Crippen molar-refractivity contribution < 1.29 is 9.53 Å². The number of likely N-dealkylation sites (tertiary alicyclic amines) is 1. The molecule has 6 heteroatoms. The molecule has 1 amide bonds. The van der Waals surface area contributed by atoms with Crippen molar-refractivity contribution in [1.82, 2.24) is 14.9 Å². The highest BCUT2D eigenvalue weighted by atomic mass is 16.5. The van der Waals surface area contributed by atoms with Gasteiger partial charge in [-0.1, -0.05) is 19.1 Å². The number of rotatable bonds is 5. The quantitative estimate of drug-likeness (QED) is 0.902. The Bertz CT molecular complexity index is 718. The lowest BCUT2D eigenvalue weighted by Gasteiger charge is -2.30. The van der Waals surface area contributed by atoms with Crippen molar-refractivity contribution in [1.29, 1.82) is 0 Å². The number of piperidine rings is 1. The van der Waals surface area contributed by atoms with Crippen LogP contribution in [0.4, 0.5) is 11.5 Å². The Labute approximate surface area is 148 Å². The van der Waals surface area contributed by atoms with Gasteiger partial charge in [0.2, 0.25) is 0 Å². The molecule has 0 bridgehead atoms. The smallest absolute Gasteiger partial charge is 0.274 e. The number of hydrogen-bond donors (Lipinski definition) is 1. The van der Waals surface area contributed by atoms with E-state index in [1.807, 2.05) is 36.1 Å². The summed E-state index contributed by atoms with van der Waals surface area (Å²) in [6.07, 6.45) is 5.35. The zero-order chi connectivity index (χ0) is 17.6. The fourth-order valence-electron chi connectivity index (χ4n) is 3.03. The van der Waals surface area contributed by atoms with Crippen LogP contribution in [0.3, 0.4) is 0 Å². The van der Waals surface area contributed by atoms with Crippen LogP contribution in [0.5, 0.6) is 5.75 Å². The number of benzene rings is 1. The van der Waals surface area contributed by atoms with Gasteiger partial charge in [0.1, 0.15) is 17.3 Å². The number of aromatic nitrogens is 2. The molecule has 6 nitrogen and oxygen atoms in total. The highest BCUT2D eigenvalue weighted by Gasteiger charge is 2.23. The van der Waals surface area contributed by atoms with E-state index < -0.39 is 0 Å². The summed E-state index contributed by atoms with van der Waals surface area (Å²) in [5.41, 5.74) is 1.21. The standard InChI is InChI=1S/C19H24N4O2/c1-3-25-17-9-5-4-8-15(17)22-18-12-20-16(11-21-18)19(24)23-10-6-7-14(2)13-23/h4-5,8-9,11-12,14H,3,6-7,10,13H2,1-2H3,(H,21,22). The van der Waals surface area contributed by atoms with Crippen molar-refractivity contribution in [2.45, 2.75) is 26.7 Å². The molecule has 1 saturated heterocycles. The van der Waals surface area contributed by atoms with E-state index in [1.165, 1.54) is 12.6 Å². The number of para-hydroxylation sites is 2. The highest BCUT2D eigenvalue weighted by Crippen LogP contribution is 2.26. The minimum Gasteiger partial charge on any atom is -0.492 e. The molecular weight excluding hydrogens is 316 g/mol. The number of hydrogen-bond acceptors (Lipinski definition) is 5. The number of carbonyl (C=O) groups is 1. The average Bonchev–Trinajstić information content (AvgIpc) is 2.64. The van der Waals surface area contributed by atoms with Crippen LogP contribution < -0.4 is 10.1 Å². The third kappa shape index (κ3) is 4.26. The van der Waals surface area contributed by atoms with Gasteiger partial charge in [-0.05, 0) is 37.8 Å². The van der Waals surface area contributed by atoms with Gasteiger partial charge in [0.25, 0.3) is 5.91 Å². The van der Waals surface area contributed by atoms with Crippen molar-refractivity contribution in [3.05, 3.63) is 42.4 Å². The van der Waals surface area contributed by atoms with Crippen molar-refractivity contribution in [2.75, 3.05) is 25.0 Å². The Morgan fingerprint density at radius 2 is 2.16 bits per heavy atom. The van der Waals surface area contributed by atoms with Gasteiger partial charge in [0, 0.05) is 13.1 Å². The Morgan fingerprint density at radius 3 is 2.88 bits per heavy atom. The Hall–Kier alpha value is -2.63. The topological polar surface area (TPSA) is 67.3 Å². The van der Waals surface area contributed by atoms with Crippen LogP contribution in [-0.4, -0.2) is 40.5 Å². The zero-order valence-corrected chi connectivity index (χ0v) is 14.7. The first-order valence-electron chi connectivity index (χ1n) is 8.77. The summed E-state index contributed by atoms with van der Waals surface area (Å²) in [4.78, 5) is 23.0. The molecule has 25 heavy (non-hydrogen) atoms. The van der Waals surface area contributed by atoms with Crippen LogP contribution in [0.1, 0.15) is 37.2 Å². The average molecular weight is 340 g/mol. The number of amides is 1. The van der Waals surface area contributed by atoms with Gasteiger partial charge in [-0.3, -0.25) is 4.79 Å². The molecule has 0 radical (unpaired) electrons. The second kappa shape index (κ2) is 7.96. The molecule has 1 aliphatic heterocycles. The minimum absolute atomic E-state index is 0.0414. The summed E-state index contributed by atoms with van der Waals surface area (Å²) < 4.78 is 5.59. The predicted molar refractivity (Wildman–Crippen MR) is 97.2 cm³/mol. The van der Waals surface area contributed by atoms with E-state index >= 15 is 0 Å². The first-order valence-corrected chi connectivity index (χ1v) is 8.77. The van der Waals surface area contributed by atoms with E-state index in [2.05, 4.69) is 22.2 Å². The molecule has 1 aliphatic rings. The molecule has 0 aliphatic carbocycles. The minimum atomic E-state index is -0.0414. The second-order valence-corrected chi connectivity index (χ2v) is 6.34. The fourth-order valence-corrected chi connectivity index (χ4v) is 3.03. The summed E-state index contributed by atoms with van der Waals surface area (Å²) in [7, 11) is 0. The van der Waals surface area contributed by atoms with E-state index in [0.29, 0.717) is 24.0 Å². The van der Waals surface area contributed by atoms with Crippen LogP contribution in [0.15, 0.2) is 36.7 Å². The molecule has 1 aromatic carbocycles. The predicted octanol–water partition coefficient (Wildman–Crippen LogP) is 3.49. The molecule has 2 heterocycles. The zero-order valence-electron chi connectivity index (χ0n) is 14.7. The highest BCUT2D eigenvalue weighted by molar-refractivity contribution is 5.92. The second-order valence-electron chi connectivity index (χ2n) is 6.34. The van der Waals surface area contributed by atoms with Gasteiger partial charge in [-0.2, -0.15) is 0 Å². The first-order chi connectivity index (χ1) is 12.2. The molecule has 1 unspecified atom stereocenters. The van der Waals surface area contributed by atoms with E-state index in [4.69, 9.17) is 4.74 Å². The number of carbonyl (C=O) groups excluding carboxylic acids is 1. The molecule has 1 N–H and O–H groups in total. The number of nitrogens with one attached hydrogen (secondary N) is 1. The fraction of sp³-hybridized carbons (Fsp3) is 0.421. The number of ether oxygens (including phenoxy) is 1. The summed E-state index contributed by atoms with van der Waals surface area (Å²) >= 11 is 0. The molecule has 3 rings (SSSR count). The van der Waals surface area contributed by atoms with Crippen LogP contribution in [0.2, 0.25) is 0 Å². The molecule has 2 aromatic rings. The van der Waals surface area contributed by atoms with Gasteiger partial charge >= 0.3 is 0 Å². The third-order valence-electron chi connectivity index (χ3n) is 4.26. The lowest BCUT2D eigenvalue weighted by atomic mass is 10.0. The Kier molecular flexibility index (Phi) is 5.48. The van der Waals surface area contributed by atoms with Crippen molar-refractivity contribution in [2.24, 2.45) is 5.92 Å². The van der Waals surface area contributed by atoms with Gasteiger partial charge in [-0.15, -0.1) is 0 Å². The molecule has 1 atom stereocenters. The van der Waals surface area contributed by atoms with Crippen molar-refractivity contribution >= 4 is 17.4 Å². The molecule has 0 saturated carbocycles. The first kappa shape index (κ1) is 17.2. The maximum absolute atomic E-state index is 12.5. The summed E-state index contributed by atoms with van der Waals surface area (Å²) in [6, 6.07) is 7.66. The van der Waals surface area contributed by atoms with Crippen LogP contribution in [-0.2, 0) is 0 Å². The molecule has 1 fully saturated rings. The van der Waals surface area contributed by atoms with Gasteiger partial charge < -0.3 is 15.0 Å². The van der Waals surface area contributed by atoms with Crippen molar-refractivity contribution in [3.63, 3.8) is 0 Å². The van der Waals surface area contributed by atoms with E-state index in [1.54, 1.807) is 6.20 Å². The van der Waals surface area contributed by atoms with Gasteiger partial charge in [0.15, 0.2) is 0 Å². The van der Waals surface area contributed by atoms with Gasteiger partial charge in [0.05, 0.1) is 24.7 Å². The Balaban J connectivity index is 1.69. The van der Waals surface area contributed by atoms with Crippen LogP contribution in [0, 0.1) is 5.92 Å². The third-order valence-corrected chi connectivity index (χ3v) is 4.26. The van der Waals surface area contributed by atoms with E-state index in [-0.39, 0.29) is 5.91 Å². The molecule has 132 valence electrons. The van der Waals surface area contributed by atoms with Crippen LogP contribution >= 0.6 is 0 Å². The Morgan fingerprint density at radius 1 is 1.32 bits per heavy atom.